The highest BCUT2D eigenvalue weighted by Crippen LogP contribution is 2.17. The van der Waals surface area contributed by atoms with Crippen LogP contribution >= 0.6 is 0 Å². The maximum atomic E-state index is 12.2. The van der Waals surface area contributed by atoms with Gasteiger partial charge in [0.1, 0.15) is 11.0 Å². The highest BCUT2D eigenvalue weighted by Gasteiger charge is 2.23. The van der Waals surface area contributed by atoms with E-state index in [2.05, 4.69) is 4.98 Å². The third kappa shape index (κ3) is 3.02. The topological polar surface area (TPSA) is 74.1 Å². The predicted octanol–water partition coefficient (Wildman–Crippen LogP) is 1.37. The van der Waals surface area contributed by atoms with Gasteiger partial charge in [0.05, 0.1) is 0 Å². The molecular weight excluding hydrogens is 238 g/mol. The molecule has 1 heterocycles. The maximum Gasteiger partial charge on any atom is 0.245 e. The predicted molar refractivity (Wildman–Crippen MR) is 63.7 cm³/mol. The molecule has 5 nitrogen and oxygen atoms in total. The van der Waals surface area contributed by atoms with Crippen LogP contribution < -0.4 is 0 Å². The third-order valence-corrected chi connectivity index (χ3v) is 4.28. The van der Waals surface area contributed by atoms with Gasteiger partial charge in [0.25, 0.3) is 0 Å². The summed E-state index contributed by atoms with van der Waals surface area (Å²) >= 11 is 0. The van der Waals surface area contributed by atoms with Gasteiger partial charge < -0.3 is 0 Å². The molecule has 1 aromatic rings. The second-order valence-electron chi connectivity index (χ2n) is 3.64. The Labute approximate surface area is 102 Å². The molecule has 0 unspecified atom stereocenters. The normalized spacial score (nSPS) is 11.4. The maximum absolute atomic E-state index is 12.2. The molecule has 0 radical (unpaired) electrons. The molecule has 0 fully saturated rings. The Bertz CT molecular complexity index is 520. The quantitative estimate of drug-likeness (QED) is 0.794. The molecule has 1 aromatic heterocycles. The van der Waals surface area contributed by atoms with Crippen LogP contribution in [0.3, 0.4) is 0 Å². The van der Waals surface area contributed by atoms with Crippen molar-refractivity contribution in [1.82, 2.24) is 9.29 Å². The molecule has 1 rings (SSSR count). The summed E-state index contributed by atoms with van der Waals surface area (Å²) in [5.74, 6) is 0. The second-order valence-corrected chi connectivity index (χ2v) is 5.66. The fourth-order valence-corrected chi connectivity index (χ4v) is 2.65. The van der Waals surface area contributed by atoms with E-state index in [-0.39, 0.29) is 10.6 Å². The van der Waals surface area contributed by atoms with Crippen LogP contribution in [0.1, 0.15) is 25.5 Å². The van der Waals surface area contributed by atoms with Crippen molar-refractivity contribution in [3.63, 3.8) is 0 Å². The summed E-state index contributed by atoms with van der Waals surface area (Å²) in [5.41, 5.74) is -0.0594. The van der Waals surface area contributed by atoms with Crippen molar-refractivity contribution in [3.8, 4) is 6.07 Å². The molecule has 6 heteroatoms. The second kappa shape index (κ2) is 5.75. The number of unbranched alkanes of at least 4 members (excludes halogenated alkanes) is 1. The van der Waals surface area contributed by atoms with Gasteiger partial charge in [-0.05, 0) is 18.6 Å². The molecule has 0 atom stereocenters. The first kappa shape index (κ1) is 13.6. The summed E-state index contributed by atoms with van der Waals surface area (Å²) in [5, 5.41) is 8.84. The largest absolute Gasteiger partial charge is 0.245 e. The van der Waals surface area contributed by atoms with Gasteiger partial charge in [-0.1, -0.05) is 13.3 Å². The summed E-state index contributed by atoms with van der Waals surface area (Å²) in [4.78, 5) is 3.73. The van der Waals surface area contributed by atoms with Gasteiger partial charge in [-0.15, -0.1) is 0 Å². The van der Waals surface area contributed by atoms with Crippen molar-refractivity contribution in [2.45, 2.75) is 24.7 Å². The summed E-state index contributed by atoms with van der Waals surface area (Å²) in [7, 11) is -2.09. The van der Waals surface area contributed by atoms with E-state index in [4.69, 9.17) is 5.26 Å². The van der Waals surface area contributed by atoms with Gasteiger partial charge in [0.15, 0.2) is 5.69 Å². The smallest absolute Gasteiger partial charge is 0.244 e. The Morgan fingerprint density at radius 1 is 1.53 bits per heavy atom. The number of nitriles is 1. The minimum absolute atomic E-state index is 0.0268. The van der Waals surface area contributed by atoms with Crippen LogP contribution in [0.5, 0.6) is 0 Å². The number of rotatable bonds is 5. The van der Waals surface area contributed by atoms with E-state index in [0.29, 0.717) is 6.54 Å². The van der Waals surface area contributed by atoms with Crippen molar-refractivity contribution in [2.24, 2.45) is 0 Å². The lowest BCUT2D eigenvalue weighted by Crippen LogP contribution is -2.28. The Morgan fingerprint density at radius 2 is 2.24 bits per heavy atom. The van der Waals surface area contributed by atoms with Crippen LogP contribution in [-0.2, 0) is 10.0 Å². The van der Waals surface area contributed by atoms with Gasteiger partial charge in [-0.25, -0.2) is 17.7 Å². The minimum atomic E-state index is -3.61. The first-order valence-corrected chi connectivity index (χ1v) is 6.79. The zero-order chi connectivity index (χ0) is 12.9. The fourth-order valence-electron chi connectivity index (χ4n) is 1.35. The third-order valence-electron chi connectivity index (χ3n) is 2.39. The first-order chi connectivity index (χ1) is 8.04. The highest BCUT2D eigenvalue weighted by atomic mass is 32.2. The number of pyridine rings is 1. The van der Waals surface area contributed by atoms with E-state index < -0.39 is 10.0 Å². The molecule has 0 bridgehead atoms. The molecule has 0 aromatic carbocycles. The van der Waals surface area contributed by atoms with Gasteiger partial charge >= 0.3 is 0 Å². The number of hydrogen-bond donors (Lipinski definition) is 0. The van der Waals surface area contributed by atoms with Crippen LogP contribution in [0.4, 0.5) is 0 Å². The van der Waals surface area contributed by atoms with Crippen molar-refractivity contribution in [1.29, 1.82) is 5.26 Å². The van der Waals surface area contributed by atoms with Gasteiger partial charge in [0, 0.05) is 19.8 Å². The van der Waals surface area contributed by atoms with Crippen LogP contribution in [-0.4, -0.2) is 31.3 Å². The van der Waals surface area contributed by atoms with Crippen LogP contribution in [0, 0.1) is 11.3 Å². The summed E-state index contributed by atoms with van der Waals surface area (Å²) in [6, 6.07) is 4.72. The van der Waals surface area contributed by atoms with Gasteiger partial charge in [0.2, 0.25) is 10.0 Å². The summed E-state index contributed by atoms with van der Waals surface area (Å²) in [6.07, 6.45) is 3.11. The lowest BCUT2D eigenvalue weighted by molar-refractivity contribution is 0.459. The van der Waals surface area contributed by atoms with E-state index >= 15 is 0 Å². The van der Waals surface area contributed by atoms with Crippen LogP contribution in [0.25, 0.3) is 0 Å². The molecule has 0 amide bonds. The van der Waals surface area contributed by atoms with E-state index in [0.717, 1.165) is 12.8 Å². The monoisotopic (exact) mass is 253 g/mol. The average Bonchev–Trinajstić information content (AvgIpc) is 2.35. The van der Waals surface area contributed by atoms with E-state index in [1.807, 2.05) is 6.92 Å². The standard InChI is InChI=1S/C11H15N3O2S/c1-3-4-8-14(2)17(15,16)11-6-5-7-13-10(11)9-12/h5-7H,3-4,8H2,1-2H3. The van der Waals surface area contributed by atoms with Crippen molar-refractivity contribution in [2.75, 3.05) is 13.6 Å². The SMILES string of the molecule is CCCCN(C)S(=O)(=O)c1cccnc1C#N. The first-order valence-electron chi connectivity index (χ1n) is 5.35. The highest BCUT2D eigenvalue weighted by molar-refractivity contribution is 7.89. The Kier molecular flexibility index (Phi) is 4.61. The molecule has 0 N–H and O–H groups in total. The Morgan fingerprint density at radius 3 is 2.82 bits per heavy atom. The van der Waals surface area contributed by atoms with Crippen LogP contribution in [0.2, 0.25) is 0 Å². The van der Waals surface area contributed by atoms with E-state index in [1.165, 1.54) is 29.7 Å². The summed E-state index contributed by atoms with van der Waals surface area (Å²) < 4.78 is 25.6. The molecule has 0 aliphatic carbocycles. The fraction of sp³-hybridized carbons (Fsp3) is 0.455. The molecular formula is C11H15N3O2S. The average molecular weight is 253 g/mol. The molecule has 0 saturated heterocycles. The number of sulfonamides is 1. The lowest BCUT2D eigenvalue weighted by Gasteiger charge is -2.16. The van der Waals surface area contributed by atoms with Crippen molar-refractivity contribution < 1.29 is 8.42 Å². The number of aromatic nitrogens is 1. The van der Waals surface area contributed by atoms with Crippen molar-refractivity contribution >= 4 is 10.0 Å². The molecule has 0 aliphatic rings. The van der Waals surface area contributed by atoms with Gasteiger partial charge in [-0.3, -0.25) is 0 Å². The van der Waals surface area contributed by atoms with E-state index in [1.54, 1.807) is 6.07 Å². The number of nitrogens with zero attached hydrogens (tertiary/aromatic N) is 3. The zero-order valence-corrected chi connectivity index (χ0v) is 10.7. The van der Waals surface area contributed by atoms with Crippen LogP contribution in [0.15, 0.2) is 23.2 Å². The number of hydrogen-bond acceptors (Lipinski definition) is 4. The molecule has 0 spiro atoms. The Hall–Kier alpha value is -1.45. The molecule has 0 aliphatic heterocycles. The van der Waals surface area contributed by atoms with E-state index in [9.17, 15) is 8.42 Å². The zero-order valence-electron chi connectivity index (χ0n) is 9.92. The molecule has 0 saturated carbocycles. The van der Waals surface area contributed by atoms with Crippen molar-refractivity contribution in [3.05, 3.63) is 24.0 Å². The van der Waals surface area contributed by atoms with Gasteiger partial charge in [-0.2, -0.15) is 5.26 Å². The molecule has 92 valence electrons. The molecule has 17 heavy (non-hydrogen) atoms. The minimum Gasteiger partial charge on any atom is -0.244 e. The Balaban J connectivity index is 3.10. The summed E-state index contributed by atoms with van der Waals surface area (Å²) in [6.45, 7) is 2.43. The lowest BCUT2D eigenvalue weighted by atomic mass is 10.3.